The van der Waals surface area contributed by atoms with E-state index in [-0.39, 0.29) is 6.04 Å². The van der Waals surface area contributed by atoms with E-state index >= 15 is 0 Å². The molecule has 27 heavy (non-hydrogen) atoms. The Bertz CT molecular complexity index is 880. The third-order valence-electron chi connectivity index (χ3n) is 5.56. The van der Waals surface area contributed by atoms with Gasteiger partial charge in [-0.05, 0) is 55.4 Å². The number of hydrogen-bond acceptors (Lipinski definition) is 5. The first kappa shape index (κ1) is 18.5. The summed E-state index contributed by atoms with van der Waals surface area (Å²) in [4.78, 5) is 2.21. The lowest BCUT2D eigenvalue weighted by Crippen LogP contribution is -2.51. The lowest BCUT2D eigenvalue weighted by atomic mass is 9.88. The van der Waals surface area contributed by atoms with Gasteiger partial charge in [-0.2, -0.15) is 8.42 Å². The molecule has 1 fully saturated rings. The zero-order chi connectivity index (χ0) is 19.0. The monoisotopic (exact) mass is 387 g/mol. The average Bonchev–Trinajstić information content (AvgIpc) is 2.80. The van der Waals surface area contributed by atoms with Crippen LogP contribution in [0.1, 0.15) is 30.4 Å². The first-order valence-electron chi connectivity index (χ1n) is 9.45. The van der Waals surface area contributed by atoms with Crippen molar-refractivity contribution < 1.29 is 17.7 Å². The SMILES string of the molecule is CS(=O)(=O)OC1CCCC(N2c3ccccc3CCc3ccccc32)C1O. The van der Waals surface area contributed by atoms with Crippen molar-refractivity contribution in [3.63, 3.8) is 0 Å². The van der Waals surface area contributed by atoms with E-state index in [1.807, 2.05) is 24.3 Å². The van der Waals surface area contributed by atoms with Crippen LogP contribution in [0.5, 0.6) is 0 Å². The van der Waals surface area contributed by atoms with Crippen LogP contribution >= 0.6 is 0 Å². The number of benzene rings is 2. The Balaban J connectivity index is 1.78. The summed E-state index contributed by atoms with van der Waals surface area (Å²) in [6.45, 7) is 0. The highest BCUT2D eigenvalue weighted by Crippen LogP contribution is 2.41. The van der Waals surface area contributed by atoms with Crippen molar-refractivity contribution in [2.45, 2.75) is 50.4 Å². The van der Waals surface area contributed by atoms with Crippen molar-refractivity contribution in [1.29, 1.82) is 0 Å². The van der Waals surface area contributed by atoms with Gasteiger partial charge in [-0.1, -0.05) is 36.4 Å². The Morgan fingerprint density at radius 1 is 0.963 bits per heavy atom. The molecular formula is C21H25NO4S. The number of fused-ring (bicyclic) bond motifs is 2. The maximum atomic E-state index is 11.6. The molecule has 1 heterocycles. The summed E-state index contributed by atoms with van der Waals surface area (Å²) < 4.78 is 28.5. The molecule has 1 aliphatic heterocycles. The molecule has 4 rings (SSSR count). The zero-order valence-corrected chi connectivity index (χ0v) is 16.2. The van der Waals surface area contributed by atoms with Crippen LogP contribution in [0.15, 0.2) is 48.5 Å². The van der Waals surface area contributed by atoms with Gasteiger partial charge in [0.25, 0.3) is 10.1 Å². The molecule has 0 aromatic heterocycles. The predicted octanol–water partition coefficient (Wildman–Crippen LogP) is 3.18. The second-order valence-electron chi connectivity index (χ2n) is 7.46. The van der Waals surface area contributed by atoms with Gasteiger partial charge in [0.15, 0.2) is 0 Å². The van der Waals surface area contributed by atoms with E-state index in [1.165, 1.54) is 11.1 Å². The number of aryl methyl sites for hydroxylation is 2. The van der Waals surface area contributed by atoms with Crippen LogP contribution in [0.3, 0.4) is 0 Å². The Morgan fingerprint density at radius 2 is 1.52 bits per heavy atom. The first-order chi connectivity index (χ1) is 12.9. The fourth-order valence-corrected chi connectivity index (χ4v) is 5.06. The molecule has 0 bridgehead atoms. The molecule has 1 saturated carbocycles. The van der Waals surface area contributed by atoms with Gasteiger partial charge in [0.05, 0.1) is 12.3 Å². The minimum absolute atomic E-state index is 0.231. The van der Waals surface area contributed by atoms with Crippen molar-refractivity contribution >= 4 is 21.5 Å². The van der Waals surface area contributed by atoms with Gasteiger partial charge in [0.2, 0.25) is 0 Å². The topological polar surface area (TPSA) is 66.8 Å². The highest BCUT2D eigenvalue weighted by Gasteiger charge is 2.40. The van der Waals surface area contributed by atoms with Gasteiger partial charge in [-0.25, -0.2) is 0 Å². The van der Waals surface area contributed by atoms with Gasteiger partial charge in [0, 0.05) is 11.4 Å². The molecule has 2 aliphatic rings. The van der Waals surface area contributed by atoms with Crippen LogP contribution < -0.4 is 4.90 Å². The van der Waals surface area contributed by atoms with E-state index in [4.69, 9.17) is 4.18 Å². The van der Waals surface area contributed by atoms with Crippen molar-refractivity contribution in [3.8, 4) is 0 Å². The third-order valence-corrected chi connectivity index (χ3v) is 6.16. The maximum Gasteiger partial charge on any atom is 0.264 e. The lowest BCUT2D eigenvalue weighted by molar-refractivity contribution is -0.00195. The number of rotatable bonds is 3. The second-order valence-corrected chi connectivity index (χ2v) is 9.06. The molecule has 0 amide bonds. The fraction of sp³-hybridized carbons (Fsp3) is 0.429. The number of aliphatic hydroxyl groups is 1. The molecule has 5 nitrogen and oxygen atoms in total. The number of nitrogens with zero attached hydrogens (tertiary/aromatic N) is 1. The molecular weight excluding hydrogens is 362 g/mol. The third kappa shape index (κ3) is 3.74. The molecule has 3 atom stereocenters. The van der Waals surface area contributed by atoms with Crippen LogP contribution in [0, 0.1) is 0 Å². The Labute approximate surface area is 160 Å². The van der Waals surface area contributed by atoms with E-state index in [9.17, 15) is 13.5 Å². The molecule has 2 aromatic rings. The van der Waals surface area contributed by atoms with E-state index in [2.05, 4.69) is 29.2 Å². The number of para-hydroxylation sites is 2. The van der Waals surface area contributed by atoms with E-state index in [1.54, 1.807) is 0 Å². The quantitative estimate of drug-likeness (QED) is 0.820. The Morgan fingerprint density at radius 3 is 2.07 bits per heavy atom. The minimum Gasteiger partial charge on any atom is -0.388 e. The van der Waals surface area contributed by atoms with E-state index in [0.717, 1.165) is 43.3 Å². The van der Waals surface area contributed by atoms with E-state index < -0.39 is 22.3 Å². The number of aliphatic hydroxyl groups excluding tert-OH is 1. The summed E-state index contributed by atoms with van der Waals surface area (Å²) in [5.74, 6) is 0. The zero-order valence-electron chi connectivity index (χ0n) is 15.4. The molecule has 3 unspecified atom stereocenters. The van der Waals surface area contributed by atoms with E-state index in [0.29, 0.717) is 6.42 Å². The summed E-state index contributed by atoms with van der Waals surface area (Å²) >= 11 is 0. The van der Waals surface area contributed by atoms with Crippen molar-refractivity contribution in [1.82, 2.24) is 0 Å². The Kier molecular flexibility index (Phi) is 4.97. The smallest absolute Gasteiger partial charge is 0.264 e. The van der Waals surface area contributed by atoms with Crippen molar-refractivity contribution in [3.05, 3.63) is 59.7 Å². The normalized spacial score (nSPS) is 25.4. The summed E-state index contributed by atoms with van der Waals surface area (Å²) in [6, 6.07) is 16.3. The standard InChI is InChI=1S/C21H25NO4S/c1-27(24,25)26-20-12-6-11-19(21(20)23)22-17-9-4-2-7-15(17)13-14-16-8-3-5-10-18(16)22/h2-5,7-10,19-21,23H,6,11-14H2,1H3. The van der Waals surface area contributed by atoms with Crippen molar-refractivity contribution in [2.75, 3.05) is 11.2 Å². The second kappa shape index (κ2) is 7.26. The summed E-state index contributed by atoms with van der Waals surface area (Å²) in [5.41, 5.74) is 4.66. The predicted molar refractivity (Wildman–Crippen MR) is 106 cm³/mol. The highest BCUT2D eigenvalue weighted by atomic mass is 32.2. The lowest BCUT2D eigenvalue weighted by Gasteiger charge is -2.42. The molecule has 6 heteroatoms. The number of hydrogen-bond donors (Lipinski definition) is 1. The molecule has 1 aliphatic carbocycles. The minimum atomic E-state index is -3.62. The highest BCUT2D eigenvalue weighted by molar-refractivity contribution is 7.86. The molecule has 0 spiro atoms. The van der Waals surface area contributed by atoms with Gasteiger partial charge in [0.1, 0.15) is 12.2 Å². The molecule has 2 aromatic carbocycles. The van der Waals surface area contributed by atoms with Crippen LogP contribution in [0.25, 0.3) is 0 Å². The van der Waals surface area contributed by atoms with Gasteiger partial charge < -0.3 is 10.0 Å². The number of anilines is 2. The molecule has 144 valence electrons. The van der Waals surface area contributed by atoms with Crippen LogP contribution in [-0.2, 0) is 27.1 Å². The Hall–Kier alpha value is -1.89. The molecule has 1 N–H and O–H groups in total. The first-order valence-corrected chi connectivity index (χ1v) is 11.3. The van der Waals surface area contributed by atoms with Crippen LogP contribution in [0.2, 0.25) is 0 Å². The van der Waals surface area contributed by atoms with Gasteiger partial charge >= 0.3 is 0 Å². The molecule has 0 saturated heterocycles. The van der Waals surface area contributed by atoms with Crippen molar-refractivity contribution in [2.24, 2.45) is 0 Å². The van der Waals surface area contributed by atoms with Crippen LogP contribution in [-0.4, -0.2) is 38.0 Å². The van der Waals surface area contributed by atoms with Crippen LogP contribution in [0.4, 0.5) is 11.4 Å². The largest absolute Gasteiger partial charge is 0.388 e. The molecule has 0 radical (unpaired) electrons. The summed E-state index contributed by atoms with van der Waals surface area (Å²) in [6.07, 6.45) is 3.47. The van der Waals surface area contributed by atoms with Gasteiger partial charge in [-0.15, -0.1) is 0 Å². The summed E-state index contributed by atoms with van der Waals surface area (Å²) in [7, 11) is -3.62. The van der Waals surface area contributed by atoms with Gasteiger partial charge in [-0.3, -0.25) is 4.18 Å². The fourth-order valence-electron chi connectivity index (χ4n) is 4.40. The maximum absolute atomic E-state index is 11.6. The summed E-state index contributed by atoms with van der Waals surface area (Å²) in [5, 5.41) is 11.1. The average molecular weight is 388 g/mol.